The average molecular weight is 1050 g/mol. The van der Waals surface area contributed by atoms with Crippen LogP contribution in [0.1, 0.15) is 132 Å². The van der Waals surface area contributed by atoms with Crippen molar-refractivity contribution in [2.75, 3.05) is 0 Å². The molecule has 1 spiro atoms. The number of para-hydroxylation sites is 2. The summed E-state index contributed by atoms with van der Waals surface area (Å²) in [6, 6.07) is 45.9. The Kier molecular flexibility index (Phi) is 8.97. The van der Waals surface area contributed by atoms with E-state index in [9.17, 15) is 0 Å². The Hall–Kier alpha value is -5.77. The molecular formula is C60H58N4OPt-2. The normalized spacial score (nSPS) is 15.0. The Bertz CT molecular complexity index is 3490. The number of benzene rings is 6. The first kappa shape index (κ1) is 40.5. The second kappa shape index (κ2) is 14.6. The van der Waals surface area contributed by atoms with E-state index in [-0.39, 0.29) is 42.7 Å². The van der Waals surface area contributed by atoms with Gasteiger partial charge < -0.3 is 18.4 Å². The molecular weight excluding hydrogens is 988 g/mol. The number of hydrogen-bond donors (Lipinski definition) is 0. The molecule has 0 saturated carbocycles. The summed E-state index contributed by atoms with van der Waals surface area (Å²) in [4.78, 5) is 4.73. The SMILES string of the molecule is [2H]C([2H])([2H])[n+]1[c-]n2c3c(cccc31)C1(c3ccc(Oc4[c-]c5c(cc4)c4ccccc4n5-c4ccccn4)[c-]c3-2)c2c(cc(C(C)(C)C)cc2C(C)(C)C)-c2cc(C(C)(C)C)cc(C(C)(C)C)c21.[Pt]. The quantitative estimate of drug-likeness (QED) is 0.131. The van der Waals surface area contributed by atoms with Gasteiger partial charge in [0.25, 0.3) is 0 Å². The minimum absolute atomic E-state index is 0. The molecule has 0 saturated heterocycles. The molecule has 5 nitrogen and oxygen atoms in total. The fourth-order valence-corrected chi connectivity index (χ4v) is 10.8. The van der Waals surface area contributed by atoms with Crippen LogP contribution in [0.3, 0.4) is 0 Å². The summed E-state index contributed by atoms with van der Waals surface area (Å²) < 4.78 is 38.7. The van der Waals surface area contributed by atoms with Crippen molar-refractivity contribution in [1.29, 1.82) is 0 Å². The third-order valence-electron chi connectivity index (χ3n) is 13.9. The Morgan fingerprint density at radius 2 is 1.24 bits per heavy atom. The number of imidazole rings is 1. The second-order valence-corrected chi connectivity index (χ2v) is 22.4. The van der Waals surface area contributed by atoms with Gasteiger partial charge in [0.2, 0.25) is 6.33 Å². The molecule has 0 N–H and O–H groups in total. The van der Waals surface area contributed by atoms with Crippen molar-refractivity contribution in [2.24, 2.45) is 6.98 Å². The second-order valence-electron chi connectivity index (χ2n) is 22.4. The van der Waals surface area contributed by atoms with Crippen molar-refractivity contribution in [3.8, 4) is 34.1 Å². The smallest absolute Gasteiger partial charge is 0.242 e. The maximum Gasteiger partial charge on any atom is 0.242 e. The molecule has 0 amide bonds. The third kappa shape index (κ3) is 6.36. The zero-order valence-corrected chi connectivity index (χ0v) is 42.3. The van der Waals surface area contributed by atoms with E-state index in [1.807, 2.05) is 53.1 Å². The van der Waals surface area contributed by atoms with Gasteiger partial charge >= 0.3 is 0 Å². The summed E-state index contributed by atoms with van der Waals surface area (Å²) in [5.74, 6) is 1.78. The summed E-state index contributed by atoms with van der Waals surface area (Å²) in [5.41, 5.74) is 14.2. The third-order valence-corrected chi connectivity index (χ3v) is 13.9. The van der Waals surface area contributed by atoms with E-state index in [1.165, 1.54) is 49.1 Å². The van der Waals surface area contributed by atoms with Crippen LogP contribution in [0, 0.1) is 18.5 Å². The number of fused-ring (bicyclic) bond motifs is 12. The number of hydrogen-bond acceptors (Lipinski definition) is 2. The van der Waals surface area contributed by atoms with Crippen LogP contribution < -0.4 is 9.30 Å². The topological polar surface area (TPSA) is 35.9 Å². The molecule has 4 heterocycles. The van der Waals surface area contributed by atoms with Gasteiger partial charge in [-0.25, -0.2) is 4.98 Å². The summed E-state index contributed by atoms with van der Waals surface area (Å²) in [6.07, 6.45) is 5.15. The fourth-order valence-electron chi connectivity index (χ4n) is 10.8. The molecule has 1 aliphatic carbocycles. The molecule has 9 aromatic rings. The Balaban J connectivity index is 0.00000553. The molecule has 66 heavy (non-hydrogen) atoms. The number of aryl methyl sites for hydroxylation is 1. The molecule has 1 aliphatic heterocycles. The molecule has 6 aromatic carbocycles. The largest absolute Gasteiger partial charge is 0.510 e. The maximum absolute atomic E-state index is 8.83. The van der Waals surface area contributed by atoms with Crippen LogP contribution in [0.2, 0.25) is 0 Å². The van der Waals surface area contributed by atoms with Crippen molar-refractivity contribution in [2.45, 2.75) is 110 Å². The number of aromatic nitrogens is 4. The predicted octanol–water partition coefficient (Wildman–Crippen LogP) is 14.0. The molecule has 2 aliphatic rings. The van der Waals surface area contributed by atoms with Crippen molar-refractivity contribution < 1.29 is 34.5 Å². The summed E-state index contributed by atoms with van der Waals surface area (Å²) in [5, 5.41) is 2.14. The number of ether oxygens (including phenoxy) is 1. The van der Waals surface area contributed by atoms with Gasteiger partial charge in [-0.15, -0.1) is 35.2 Å². The van der Waals surface area contributed by atoms with Crippen LogP contribution in [-0.2, 0) is 55.1 Å². The van der Waals surface area contributed by atoms with Gasteiger partial charge in [0.1, 0.15) is 5.82 Å². The van der Waals surface area contributed by atoms with Crippen LogP contribution in [0.25, 0.3) is 55.5 Å². The average Bonchev–Trinajstić information content (AvgIpc) is 3.92. The van der Waals surface area contributed by atoms with E-state index in [4.69, 9.17) is 13.8 Å². The first-order valence-electron chi connectivity index (χ1n) is 24.4. The van der Waals surface area contributed by atoms with Crippen molar-refractivity contribution in [1.82, 2.24) is 14.1 Å². The predicted molar refractivity (Wildman–Crippen MR) is 265 cm³/mol. The summed E-state index contributed by atoms with van der Waals surface area (Å²) in [6.45, 7) is 25.2. The van der Waals surface area contributed by atoms with Crippen molar-refractivity contribution >= 4 is 32.8 Å². The van der Waals surface area contributed by atoms with E-state index in [2.05, 4.69) is 167 Å². The number of nitrogens with zero attached hydrogens (tertiary/aromatic N) is 4. The van der Waals surface area contributed by atoms with Gasteiger partial charge in [0, 0.05) is 49.7 Å². The minimum Gasteiger partial charge on any atom is -0.510 e. The van der Waals surface area contributed by atoms with E-state index in [0.717, 1.165) is 44.3 Å². The Morgan fingerprint density at radius 1 is 0.621 bits per heavy atom. The molecule has 6 heteroatoms. The molecule has 3 aromatic heterocycles. The van der Waals surface area contributed by atoms with Crippen LogP contribution in [0.4, 0.5) is 0 Å². The van der Waals surface area contributed by atoms with Crippen LogP contribution in [0.15, 0.2) is 115 Å². The van der Waals surface area contributed by atoms with E-state index >= 15 is 0 Å². The molecule has 0 atom stereocenters. The standard InChI is InChI=1S/C60H58N4O.Pt/c1-56(2,3)36-29-42-43-30-37(57(4,5)6)32-47(59(10,11)12)54(43)60(53(42)46(31-36)58(7,8)9)44-27-25-39(34-51(44)63-35-62(13)49-22-18-20-45(60)55(49)63)65-38-24-26-41-40-19-14-15-21-48(40)64(50(41)33-38)52-23-16-17-28-61-52;/h14-32H,1-13H3;/q-2;/i13D3;. The Morgan fingerprint density at radius 3 is 1.85 bits per heavy atom. The van der Waals surface area contributed by atoms with Gasteiger partial charge in [-0.2, -0.15) is 12.1 Å². The zero-order chi connectivity index (χ0) is 48.2. The summed E-state index contributed by atoms with van der Waals surface area (Å²) in [7, 11) is 0. The van der Waals surface area contributed by atoms with Gasteiger partial charge in [-0.3, -0.25) is 0 Å². The molecule has 11 rings (SSSR count). The van der Waals surface area contributed by atoms with Gasteiger partial charge in [-0.1, -0.05) is 161 Å². The van der Waals surface area contributed by atoms with Crippen LogP contribution in [0.5, 0.6) is 11.5 Å². The molecule has 0 bridgehead atoms. The van der Waals surface area contributed by atoms with Gasteiger partial charge in [0.05, 0.1) is 22.1 Å². The molecule has 0 fully saturated rings. The molecule has 0 radical (unpaired) electrons. The number of rotatable bonds is 3. The van der Waals surface area contributed by atoms with Gasteiger partial charge in [-0.05, 0) is 95.3 Å². The van der Waals surface area contributed by atoms with E-state index in [1.54, 1.807) is 6.20 Å². The fraction of sp³-hybridized carbons (Fsp3) is 0.300. The first-order valence-corrected chi connectivity index (χ1v) is 22.9. The first-order chi connectivity index (χ1) is 31.9. The van der Waals surface area contributed by atoms with Crippen molar-refractivity contribution in [3.63, 3.8) is 0 Å². The monoisotopic (exact) mass is 1050 g/mol. The summed E-state index contributed by atoms with van der Waals surface area (Å²) >= 11 is 0. The van der Waals surface area contributed by atoms with E-state index in [0.29, 0.717) is 22.7 Å². The van der Waals surface area contributed by atoms with E-state index < -0.39 is 12.4 Å². The molecule has 0 unspecified atom stereocenters. The van der Waals surface area contributed by atoms with Gasteiger partial charge in [0.15, 0.2) is 0 Å². The maximum atomic E-state index is 8.83. The minimum atomic E-state index is -2.51. The molecule has 336 valence electrons. The number of pyridine rings is 1. The van der Waals surface area contributed by atoms with Crippen molar-refractivity contribution in [3.05, 3.63) is 178 Å². The zero-order valence-electron chi connectivity index (χ0n) is 43.0. The van der Waals surface area contributed by atoms with Crippen LogP contribution in [-0.4, -0.2) is 14.1 Å². The Labute approximate surface area is 409 Å². The van der Waals surface area contributed by atoms with Crippen LogP contribution >= 0.6 is 0 Å².